The summed E-state index contributed by atoms with van der Waals surface area (Å²) in [4.78, 5) is 0. The Labute approximate surface area is 163 Å². The van der Waals surface area contributed by atoms with Gasteiger partial charge in [-0.2, -0.15) is 4.40 Å². The summed E-state index contributed by atoms with van der Waals surface area (Å²) in [5.74, 6) is 0. The molecule has 0 saturated carbocycles. The molecule has 3 heterocycles. The summed E-state index contributed by atoms with van der Waals surface area (Å²) in [7, 11) is 1.93. The lowest BCUT2D eigenvalue weighted by Crippen LogP contribution is -2.44. The van der Waals surface area contributed by atoms with E-state index in [2.05, 4.69) is 0 Å². The molecule has 0 spiro atoms. The van der Waals surface area contributed by atoms with E-state index < -0.39 is 24.5 Å². The van der Waals surface area contributed by atoms with Crippen molar-refractivity contribution in [3.8, 4) is 0 Å². The molecule has 2 aromatic carbocycles. The summed E-state index contributed by atoms with van der Waals surface area (Å²) in [5, 5.41) is 2.52. The quantitative estimate of drug-likeness (QED) is 0.302. The lowest BCUT2D eigenvalue weighted by molar-refractivity contribution is -0.643. The molecule has 5 rings (SSSR count). The molecule has 0 bridgehead atoms. The van der Waals surface area contributed by atoms with Crippen molar-refractivity contribution in [2.75, 3.05) is 0 Å². The number of rotatable bonds is 0. The molecule has 1 aliphatic heterocycles. The molecule has 0 amide bonds. The third-order valence-electron chi connectivity index (χ3n) is 6.71. The zero-order chi connectivity index (χ0) is 23.6. The monoisotopic (exact) mass is 349 g/mol. The Bertz CT molecular complexity index is 1460. The van der Waals surface area contributed by atoms with Crippen LogP contribution in [0.3, 0.4) is 0 Å². The van der Waals surface area contributed by atoms with E-state index in [1.165, 1.54) is 0 Å². The van der Waals surface area contributed by atoms with Crippen LogP contribution in [0.1, 0.15) is 58.2 Å². The Morgan fingerprint density at radius 2 is 1.81 bits per heavy atom. The van der Waals surface area contributed by atoms with Crippen LogP contribution in [-0.4, -0.2) is 4.40 Å². The first-order valence-electron chi connectivity index (χ1n) is 12.0. The molecule has 0 saturated heterocycles. The van der Waals surface area contributed by atoms with Crippen molar-refractivity contribution in [2.45, 2.75) is 52.2 Å². The van der Waals surface area contributed by atoms with Crippen LogP contribution in [0.15, 0.2) is 36.5 Å². The van der Waals surface area contributed by atoms with Crippen molar-refractivity contribution >= 4 is 27.3 Å². The molecular formula is C24H27N2+. The fraction of sp³-hybridized carbons (Fsp3) is 0.375. The van der Waals surface area contributed by atoms with Gasteiger partial charge in [-0.15, -0.1) is 0 Å². The van der Waals surface area contributed by atoms with Gasteiger partial charge in [0.05, 0.1) is 12.4 Å². The minimum Gasteiger partial charge on any atom is -0.232 e. The van der Waals surface area contributed by atoms with E-state index in [1.54, 1.807) is 6.07 Å². The van der Waals surface area contributed by atoms with Gasteiger partial charge in [-0.1, -0.05) is 58.0 Å². The summed E-state index contributed by atoms with van der Waals surface area (Å²) in [6.07, 6.45) is 1.92. The number of nitrogens with zero attached hydrogens (tertiary/aromatic N) is 2. The molecule has 0 N–H and O–H groups in total. The molecule has 0 fully saturated rings. The summed E-state index contributed by atoms with van der Waals surface area (Å²) >= 11 is 0. The first kappa shape index (κ1) is 10.7. The molecule has 2 heteroatoms. The largest absolute Gasteiger partial charge is 0.295 e. The van der Waals surface area contributed by atoms with Crippen molar-refractivity contribution in [3.63, 3.8) is 0 Å². The van der Waals surface area contributed by atoms with Crippen LogP contribution < -0.4 is 4.57 Å². The number of hydrogen-bond acceptors (Lipinski definition) is 0. The number of benzene rings is 2. The fourth-order valence-electron chi connectivity index (χ4n) is 4.80. The first-order valence-corrected chi connectivity index (χ1v) is 9.04. The maximum Gasteiger partial charge on any atom is 0.295 e. The average Bonchev–Trinajstić information content (AvgIpc) is 3.01. The van der Waals surface area contributed by atoms with E-state index in [0.717, 1.165) is 33.1 Å². The Balaban J connectivity index is 2.23. The van der Waals surface area contributed by atoms with E-state index in [-0.39, 0.29) is 0 Å². The van der Waals surface area contributed by atoms with Gasteiger partial charge in [-0.25, -0.2) is 4.57 Å². The summed E-state index contributed by atoms with van der Waals surface area (Å²) in [6.45, 7) is 3.19. The topological polar surface area (TPSA) is 8.29 Å². The predicted molar refractivity (Wildman–Crippen MR) is 109 cm³/mol. The lowest BCUT2D eigenvalue weighted by Gasteiger charge is -2.43. The molecule has 1 unspecified atom stereocenters. The van der Waals surface area contributed by atoms with Crippen molar-refractivity contribution in [1.82, 2.24) is 4.40 Å². The second kappa shape index (κ2) is 4.49. The van der Waals surface area contributed by atoms with E-state index >= 15 is 0 Å². The van der Waals surface area contributed by atoms with Crippen LogP contribution in [0.25, 0.3) is 27.3 Å². The van der Waals surface area contributed by atoms with Crippen molar-refractivity contribution in [2.24, 2.45) is 7.05 Å². The molecule has 0 aliphatic carbocycles. The molecule has 2 aromatic heterocycles. The first-order chi connectivity index (χ1) is 14.6. The second-order valence-electron chi connectivity index (χ2n) is 8.42. The van der Waals surface area contributed by atoms with Crippen molar-refractivity contribution in [3.05, 3.63) is 58.9 Å². The smallest absolute Gasteiger partial charge is 0.232 e. The standard InChI is InChI=1S/C24H27N2/c1-14-9-8-10-16-19-15(2)11-12-17-21(19)26-18(24(5,6)23(17,3)4)13-25(7)22(26)20(14)16/h8-13H,1-7H3/q+1/i2D3,5D3. The number of hydrogen-bond donors (Lipinski definition) is 0. The van der Waals surface area contributed by atoms with Gasteiger partial charge in [0.15, 0.2) is 5.69 Å². The Morgan fingerprint density at radius 3 is 2.54 bits per heavy atom. The van der Waals surface area contributed by atoms with Crippen LogP contribution in [0.5, 0.6) is 0 Å². The summed E-state index contributed by atoms with van der Waals surface area (Å²) in [6, 6.07) is 9.45. The highest BCUT2D eigenvalue weighted by Gasteiger charge is 2.50. The minimum absolute atomic E-state index is 0.296. The third-order valence-corrected chi connectivity index (χ3v) is 6.71. The number of aromatic nitrogens is 2. The van der Waals surface area contributed by atoms with Gasteiger partial charge in [-0.3, -0.25) is 0 Å². The second-order valence-corrected chi connectivity index (χ2v) is 8.42. The van der Waals surface area contributed by atoms with E-state index in [1.807, 2.05) is 74.2 Å². The highest BCUT2D eigenvalue weighted by Crippen LogP contribution is 2.51. The van der Waals surface area contributed by atoms with Crippen LogP contribution in [0, 0.1) is 13.8 Å². The Morgan fingerprint density at radius 1 is 1.00 bits per heavy atom. The normalized spacial score (nSPS) is 25.7. The predicted octanol–water partition coefficient (Wildman–Crippen LogP) is 5.26. The average molecular weight is 350 g/mol. The van der Waals surface area contributed by atoms with Gasteiger partial charge in [0.1, 0.15) is 11.7 Å². The minimum atomic E-state index is -2.30. The molecule has 1 aliphatic rings. The zero-order valence-electron chi connectivity index (χ0n) is 21.9. The molecule has 1 atom stereocenters. The van der Waals surface area contributed by atoms with Gasteiger partial charge in [0.25, 0.3) is 5.65 Å². The lowest BCUT2D eigenvalue weighted by atomic mass is 9.60. The van der Waals surface area contributed by atoms with Crippen molar-refractivity contribution < 1.29 is 12.8 Å². The molecule has 2 nitrogen and oxygen atoms in total. The van der Waals surface area contributed by atoms with E-state index in [0.29, 0.717) is 16.6 Å². The Hall–Kier alpha value is -2.35. The molecular weight excluding hydrogens is 316 g/mol. The zero-order valence-corrected chi connectivity index (χ0v) is 15.9. The van der Waals surface area contributed by atoms with Crippen LogP contribution in [0.4, 0.5) is 0 Å². The highest BCUT2D eigenvalue weighted by molar-refractivity contribution is 6.14. The van der Waals surface area contributed by atoms with Gasteiger partial charge in [-0.05, 0) is 24.9 Å². The molecule has 26 heavy (non-hydrogen) atoms. The van der Waals surface area contributed by atoms with Crippen LogP contribution in [0.2, 0.25) is 0 Å². The van der Waals surface area contributed by atoms with Gasteiger partial charge in [0, 0.05) is 35.4 Å². The van der Waals surface area contributed by atoms with Crippen molar-refractivity contribution in [1.29, 1.82) is 0 Å². The highest BCUT2D eigenvalue weighted by atomic mass is 15.1. The number of pyridine rings is 1. The summed E-state index contributed by atoms with van der Waals surface area (Å²) < 4.78 is 54.4. The maximum absolute atomic E-state index is 8.55. The molecule has 132 valence electrons. The number of aryl methyl sites for hydroxylation is 3. The van der Waals surface area contributed by atoms with E-state index in [4.69, 9.17) is 8.22 Å². The SMILES string of the molecule is [2H]C([2H])([2H])c1ccc2c3c1c1cccc(C)c1c1n3c(c[n+]1C)C(C)(C([2H])([2H])[2H])C2(C)C. The van der Waals surface area contributed by atoms with Crippen LogP contribution >= 0.6 is 0 Å². The van der Waals surface area contributed by atoms with Gasteiger partial charge < -0.3 is 0 Å². The van der Waals surface area contributed by atoms with Crippen LogP contribution in [-0.2, 0) is 17.9 Å². The Kier molecular flexibility index (Phi) is 1.85. The number of imidazole rings is 1. The third kappa shape index (κ3) is 1.53. The van der Waals surface area contributed by atoms with Gasteiger partial charge in [0.2, 0.25) is 0 Å². The number of fused-ring (bicyclic) bond motifs is 3. The maximum atomic E-state index is 8.55. The molecule has 4 aromatic rings. The summed E-state index contributed by atoms with van der Waals surface area (Å²) in [5.41, 5.74) is 2.60. The van der Waals surface area contributed by atoms with Gasteiger partial charge >= 0.3 is 0 Å². The van der Waals surface area contributed by atoms with E-state index in [9.17, 15) is 0 Å². The molecule has 0 radical (unpaired) electrons. The fourth-order valence-corrected chi connectivity index (χ4v) is 4.80.